The number of halogens is 2. The van der Waals surface area contributed by atoms with Crippen molar-refractivity contribution in [1.29, 1.82) is 0 Å². The van der Waals surface area contributed by atoms with E-state index in [4.69, 9.17) is 20.9 Å². The summed E-state index contributed by atoms with van der Waals surface area (Å²) in [6.07, 6.45) is 63.7. The van der Waals surface area contributed by atoms with E-state index in [1.54, 1.807) is 74.6 Å². The molecule has 105 heavy (non-hydrogen) atoms. The van der Waals surface area contributed by atoms with E-state index in [1.165, 1.54) is 230 Å². The average molecular weight is 1460 g/mol. The second-order valence-corrected chi connectivity index (χ2v) is 36.8. The number of aryl methyl sites for hydroxylation is 1. The van der Waals surface area contributed by atoms with E-state index in [2.05, 4.69) is 142 Å². The van der Waals surface area contributed by atoms with Gasteiger partial charge in [0.25, 0.3) is 0 Å². The highest BCUT2D eigenvalue weighted by molar-refractivity contribution is 6.30. The molecule has 0 spiro atoms. The molecule has 0 bridgehead atoms. The van der Waals surface area contributed by atoms with Crippen molar-refractivity contribution >= 4 is 11.6 Å². The Labute approximate surface area is 652 Å². The summed E-state index contributed by atoms with van der Waals surface area (Å²) in [5.74, 6) is 16.6. The molecule has 0 radical (unpaired) electrons. The van der Waals surface area contributed by atoms with Crippen LogP contribution in [0.2, 0.25) is 5.02 Å². The number of hydrogen-bond donors (Lipinski definition) is 0. The summed E-state index contributed by atoms with van der Waals surface area (Å²) < 4.78 is 23.0. The molecule has 3 nitrogen and oxygen atoms in total. The van der Waals surface area contributed by atoms with Crippen molar-refractivity contribution in [2.75, 3.05) is 6.61 Å². The summed E-state index contributed by atoms with van der Waals surface area (Å²) in [7, 11) is 0. The van der Waals surface area contributed by atoms with Crippen molar-refractivity contribution in [2.24, 2.45) is 82.9 Å². The number of ether oxygens (including phenoxy) is 1. The summed E-state index contributed by atoms with van der Waals surface area (Å²) in [5.41, 5.74) is 6.11. The highest BCUT2D eigenvalue weighted by atomic mass is 35.5. The fourth-order valence-corrected chi connectivity index (χ4v) is 18.7. The lowest BCUT2D eigenvalue weighted by atomic mass is 9.68. The van der Waals surface area contributed by atoms with Gasteiger partial charge in [0.2, 0.25) is 0 Å². The van der Waals surface area contributed by atoms with Crippen molar-refractivity contribution in [1.82, 2.24) is 5.16 Å². The summed E-state index contributed by atoms with van der Waals surface area (Å²) in [6.45, 7) is 28.6. The van der Waals surface area contributed by atoms with Gasteiger partial charge >= 0.3 is 0 Å². The van der Waals surface area contributed by atoms with Gasteiger partial charge in [-0.2, -0.15) is 0 Å². The number of nitrogens with zero attached hydrogens (tertiary/aromatic N) is 1. The molecule has 3 unspecified atom stereocenters. The second kappa shape index (κ2) is 49.4. The van der Waals surface area contributed by atoms with Crippen LogP contribution in [0.4, 0.5) is 4.39 Å². The largest absolute Gasteiger partial charge is 0.494 e. The monoisotopic (exact) mass is 1460 g/mol. The van der Waals surface area contributed by atoms with Gasteiger partial charge in [-0.1, -0.05) is 352 Å². The molecule has 1 aromatic heterocycles. The van der Waals surface area contributed by atoms with Crippen LogP contribution in [0.25, 0.3) is 11.3 Å². The highest BCUT2D eigenvalue weighted by Crippen LogP contribution is 2.51. The Bertz CT molecular complexity index is 2850. The lowest BCUT2D eigenvalue weighted by Gasteiger charge is -2.38. The van der Waals surface area contributed by atoms with Crippen molar-refractivity contribution in [3.05, 3.63) is 143 Å². The topological polar surface area (TPSA) is 35.3 Å². The van der Waals surface area contributed by atoms with Gasteiger partial charge in [0.15, 0.2) is 0 Å². The van der Waals surface area contributed by atoms with Crippen molar-refractivity contribution < 1.29 is 13.7 Å². The molecule has 0 N–H and O–H groups in total. The van der Waals surface area contributed by atoms with Crippen molar-refractivity contribution in [3.63, 3.8) is 0 Å². The first-order valence-electron chi connectivity index (χ1n) is 45.2. The van der Waals surface area contributed by atoms with Crippen LogP contribution < -0.4 is 4.74 Å². The predicted molar refractivity (Wildman–Crippen MR) is 454 cm³/mol. The van der Waals surface area contributed by atoms with Gasteiger partial charge in [-0.25, -0.2) is 4.39 Å². The lowest BCUT2D eigenvalue weighted by Crippen LogP contribution is -2.26. The summed E-state index contributed by atoms with van der Waals surface area (Å²) in [6, 6.07) is 37.6. The maximum Gasteiger partial charge on any atom is 0.137 e. The molecule has 11 fully saturated rings. The van der Waals surface area contributed by atoms with Crippen LogP contribution in [-0.4, -0.2) is 11.8 Å². The van der Waals surface area contributed by atoms with Crippen LogP contribution >= 0.6 is 11.6 Å². The number of aromatic nitrogens is 1. The zero-order valence-corrected chi connectivity index (χ0v) is 70.6. The van der Waals surface area contributed by atoms with Gasteiger partial charge in [-0.15, -0.1) is 0 Å². The normalized spacial score (nSPS) is 26.1. The Kier molecular flexibility index (Phi) is 41.5. The molecular formula is C100H159ClFNO2. The molecule has 5 heteroatoms. The maximum atomic E-state index is 12.5. The SMILES string of the molecule is CC(C1CC1)C1CC1.CC1CCC(C)CC1.CC1CCC(C)CC1.CC1CCC(C2CCCCC2)CC1.CC1CCC2CCCCC2C1.CCC1(c2ccccc2)CC1.CCC1(c2ccccc2)CCCC1.CCCC1CC1.CCCCCOc1ccc(F)cc1.CCc1cc(-c2ccc(Cl)cc2)no1. The van der Waals surface area contributed by atoms with Gasteiger partial charge in [-0.05, 0) is 238 Å². The highest BCUT2D eigenvalue weighted by Gasteiger charge is 2.42. The van der Waals surface area contributed by atoms with Crippen LogP contribution in [0.5, 0.6) is 5.75 Å². The Morgan fingerprint density at radius 1 is 0.448 bits per heavy atom. The van der Waals surface area contributed by atoms with E-state index >= 15 is 0 Å². The predicted octanol–water partition coefficient (Wildman–Crippen LogP) is 32.3. The first-order chi connectivity index (χ1) is 51.0. The molecule has 11 aliphatic rings. The molecular weight excluding hydrogens is 1300 g/mol. The van der Waals surface area contributed by atoms with Crippen LogP contribution in [-0.2, 0) is 17.3 Å². The zero-order valence-electron chi connectivity index (χ0n) is 69.9. The van der Waals surface area contributed by atoms with Crippen LogP contribution in [0, 0.1) is 88.7 Å². The van der Waals surface area contributed by atoms with Gasteiger partial charge in [-0.3, -0.25) is 0 Å². The van der Waals surface area contributed by atoms with Crippen molar-refractivity contribution in [3.8, 4) is 17.0 Å². The fraction of sp³-hybridized carbons (Fsp3) is 0.730. The third-order valence-corrected chi connectivity index (χ3v) is 27.6. The number of unbranched alkanes of at least 4 members (excludes halogenated alkanes) is 2. The van der Waals surface area contributed by atoms with Gasteiger partial charge < -0.3 is 9.26 Å². The molecule has 590 valence electrons. The quantitative estimate of drug-likeness (QED) is 0.0924. The zero-order chi connectivity index (χ0) is 75.1. The standard InChI is InChI=1S/C13H24.C13H18.C11H10ClNO.C11H15FO.C11H20.C11H14.C8H14.2C8H16.C6H12/c1-11-7-9-13(10-8-11)12-5-3-2-4-6-12;1-2-13(10-6-7-11-13)12-8-4-3-5-9-12;1-2-10-7-11(13-14-10)8-3-5-9(12)6-4-8;1-2-3-4-9-13-11-7-5-10(12)6-8-11;1-9-6-7-10-4-2-3-5-11(10)8-9;1-2-11(8-9-11)10-6-4-3-5-7-10;1-6(7-2-3-7)8-4-5-8;2*1-7-3-5-8(2)6-4-7;1-2-3-6-4-5-6/h11-13H,2-10H2,1H3;3-5,8-9H,2,6-7,10-11H2,1H3;3-7H,2H2,1H3;5-8H,2-4,9H2,1H3;9-11H,2-8H2,1H3;3-7H,2,8-9H2,1H3;6-8H,2-5H2,1H3;2*7-8H,3-6H2,1-2H3;6H,2-5H2,1H3. The fourth-order valence-electron chi connectivity index (χ4n) is 18.6. The summed E-state index contributed by atoms with van der Waals surface area (Å²) >= 11 is 5.79. The third-order valence-electron chi connectivity index (χ3n) is 27.3. The van der Waals surface area contributed by atoms with E-state index in [0.29, 0.717) is 10.8 Å². The Morgan fingerprint density at radius 2 is 0.876 bits per heavy atom. The molecule has 1 heterocycles. The van der Waals surface area contributed by atoms with E-state index in [0.717, 1.165) is 130 Å². The Morgan fingerprint density at radius 3 is 1.29 bits per heavy atom. The molecule has 0 aliphatic heterocycles. The minimum absolute atomic E-state index is 0.221. The minimum atomic E-state index is -0.221. The van der Waals surface area contributed by atoms with Gasteiger partial charge in [0.05, 0.1) is 6.61 Å². The molecule has 11 saturated carbocycles. The third kappa shape index (κ3) is 34.5. The van der Waals surface area contributed by atoms with E-state index in [1.807, 2.05) is 37.3 Å². The number of benzene rings is 4. The van der Waals surface area contributed by atoms with Gasteiger partial charge in [0.1, 0.15) is 23.0 Å². The molecule has 16 rings (SSSR count). The van der Waals surface area contributed by atoms with Gasteiger partial charge in [0, 0.05) is 23.1 Å². The molecule has 11 aliphatic carbocycles. The second-order valence-electron chi connectivity index (χ2n) is 36.4. The first kappa shape index (κ1) is 88.3. The number of fused-ring (bicyclic) bond motifs is 1. The Hall–Kier alpha value is -3.89. The Balaban J connectivity index is 0.000000164. The van der Waals surface area contributed by atoms with E-state index in [-0.39, 0.29) is 5.82 Å². The number of hydrogen-bond acceptors (Lipinski definition) is 3. The average Bonchev–Trinajstić information content (AvgIpc) is 1.62. The smallest absolute Gasteiger partial charge is 0.137 e. The maximum absolute atomic E-state index is 12.5. The summed E-state index contributed by atoms with van der Waals surface area (Å²) in [5, 5.41) is 4.70. The van der Waals surface area contributed by atoms with Crippen LogP contribution in [0.15, 0.2) is 120 Å². The molecule has 0 amide bonds. The van der Waals surface area contributed by atoms with E-state index in [9.17, 15) is 4.39 Å². The molecule has 4 aromatic carbocycles. The summed E-state index contributed by atoms with van der Waals surface area (Å²) in [4.78, 5) is 0. The first-order valence-corrected chi connectivity index (χ1v) is 45.6. The molecule has 5 aromatic rings. The van der Waals surface area contributed by atoms with E-state index < -0.39 is 0 Å². The van der Waals surface area contributed by atoms with Crippen LogP contribution in [0.1, 0.15) is 376 Å². The molecule has 3 atom stereocenters. The number of rotatable bonds is 16. The van der Waals surface area contributed by atoms with Crippen LogP contribution in [0.3, 0.4) is 0 Å². The molecule has 0 saturated heterocycles. The minimum Gasteiger partial charge on any atom is -0.494 e. The lowest BCUT2D eigenvalue weighted by molar-refractivity contribution is 0.137. The van der Waals surface area contributed by atoms with Crippen molar-refractivity contribution in [2.45, 2.75) is 376 Å².